The second-order valence-electron chi connectivity index (χ2n) is 6.75. The van der Waals surface area contributed by atoms with Crippen molar-refractivity contribution in [1.29, 1.82) is 0 Å². The molecule has 0 saturated heterocycles. The predicted octanol–water partition coefficient (Wildman–Crippen LogP) is 6.08. The van der Waals surface area contributed by atoms with Crippen LogP contribution in [0.2, 0.25) is 0 Å². The zero-order valence-corrected chi connectivity index (χ0v) is 17.0. The maximum Gasteiger partial charge on any atom is 0.367 e. The van der Waals surface area contributed by atoms with Crippen molar-refractivity contribution in [2.75, 3.05) is 12.1 Å². The molecule has 0 radical (unpaired) electrons. The lowest BCUT2D eigenvalue weighted by atomic mass is 9.98. The van der Waals surface area contributed by atoms with Crippen molar-refractivity contribution >= 4 is 36.3 Å². The van der Waals surface area contributed by atoms with Gasteiger partial charge in [0.05, 0.1) is 6.61 Å². The molecule has 0 heterocycles. The minimum absolute atomic E-state index is 0.277. The van der Waals surface area contributed by atoms with Gasteiger partial charge in [-0.1, -0.05) is 60.5 Å². The molecule has 0 bridgehead atoms. The molecule has 0 spiro atoms. The van der Waals surface area contributed by atoms with Gasteiger partial charge in [0, 0.05) is 11.3 Å². The van der Waals surface area contributed by atoms with E-state index in [1.165, 1.54) is 5.39 Å². The quantitative estimate of drug-likeness (QED) is 0.317. The molecule has 0 aromatic heterocycles. The Morgan fingerprint density at radius 1 is 1.20 bits per heavy atom. The largest absolute Gasteiger partial charge is 0.462 e. The summed E-state index contributed by atoms with van der Waals surface area (Å²) in [6.45, 7) is 7.96. The molecule has 3 nitrogen and oxygen atoms in total. The lowest BCUT2D eigenvalue weighted by Gasteiger charge is -2.19. The Labute approximate surface area is 155 Å². The SMILES string of the molecule is CCOC(=O)C(C)(CC(C)C)[P+](=O)CSc1ccc2ccccc2c1. The lowest BCUT2D eigenvalue weighted by molar-refractivity contribution is -0.146. The Morgan fingerprint density at radius 3 is 2.52 bits per heavy atom. The molecule has 0 fully saturated rings. The van der Waals surface area contributed by atoms with Crippen LogP contribution in [0.15, 0.2) is 47.4 Å². The van der Waals surface area contributed by atoms with E-state index in [2.05, 4.69) is 24.3 Å². The molecule has 2 atom stereocenters. The summed E-state index contributed by atoms with van der Waals surface area (Å²) in [6, 6.07) is 14.4. The van der Waals surface area contributed by atoms with Crippen molar-refractivity contribution in [3.63, 3.8) is 0 Å². The van der Waals surface area contributed by atoms with Gasteiger partial charge in [-0.25, -0.2) is 4.79 Å². The number of carbonyl (C=O) groups excluding carboxylic acids is 1. The molecule has 134 valence electrons. The molecule has 0 amide bonds. The highest BCUT2D eigenvalue weighted by atomic mass is 32.2. The number of hydrogen-bond donors (Lipinski definition) is 0. The topological polar surface area (TPSA) is 43.4 Å². The summed E-state index contributed by atoms with van der Waals surface area (Å²) in [5.41, 5.74) is 0.412. The first-order valence-electron chi connectivity index (χ1n) is 8.60. The first kappa shape index (κ1) is 19.9. The van der Waals surface area contributed by atoms with Crippen LogP contribution in [0, 0.1) is 5.92 Å². The van der Waals surface area contributed by atoms with E-state index in [1.54, 1.807) is 25.6 Å². The van der Waals surface area contributed by atoms with Crippen LogP contribution in [0.1, 0.15) is 34.1 Å². The maximum atomic E-state index is 13.0. The fraction of sp³-hybridized carbons (Fsp3) is 0.450. The van der Waals surface area contributed by atoms with Gasteiger partial charge in [-0.2, -0.15) is 0 Å². The summed E-state index contributed by atoms with van der Waals surface area (Å²) >= 11 is 1.54. The van der Waals surface area contributed by atoms with Crippen molar-refractivity contribution in [1.82, 2.24) is 0 Å². The minimum Gasteiger partial charge on any atom is -0.462 e. The highest BCUT2D eigenvalue weighted by Gasteiger charge is 2.52. The van der Waals surface area contributed by atoms with Gasteiger partial charge in [-0.05, 0) is 42.7 Å². The normalized spacial score (nSPS) is 14.4. The van der Waals surface area contributed by atoms with Crippen LogP contribution in [-0.2, 0) is 14.1 Å². The first-order valence-corrected chi connectivity index (χ1v) is 11.0. The third kappa shape index (κ3) is 5.05. The number of fused-ring (bicyclic) bond motifs is 1. The van der Waals surface area contributed by atoms with Crippen LogP contribution in [0.3, 0.4) is 0 Å². The Morgan fingerprint density at radius 2 is 1.88 bits per heavy atom. The number of esters is 1. The van der Waals surface area contributed by atoms with Crippen molar-refractivity contribution in [2.45, 2.75) is 44.2 Å². The van der Waals surface area contributed by atoms with Crippen LogP contribution < -0.4 is 0 Å². The average molecular weight is 377 g/mol. The number of benzene rings is 2. The lowest BCUT2D eigenvalue weighted by Crippen LogP contribution is -2.35. The van der Waals surface area contributed by atoms with Crippen LogP contribution in [-0.4, -0.2) is 23.2 Å². The van der Waals surface area contributed by atoms with E-state index in [-0.39, 0.29) is 11.9 Å². The Kier molecular flexibility index (Phi) is 7.04. The third-order valence-electron chi connectivity index (χ3n) is 4.14. The summed E-state index contributed by atoms with van der Waals surface area (Å²) in [4.78, 5) is 13.5. The molecule has 2 unspecified atom stereocenters. The molecule has 2 rings (SSSR count). The second kappa shape index (κ2) is 8.82. The molecule has 0 N–H and O–H groups in total. The monoisotopic (exact) mass is 377 g/mol. The van der Waals surface area contributed by atoms with Crippen molar-refractivity contribution in [3.05, 3.63) is 42.5 Å². The molecular weight excluding hydrogens is 351 g/mol. The summed E-state index contributed by atoms with van der Waals surface area (Å²) in [6.07, 6.45) is 0.569. The molecule has 2 aromatic carbocycles. The molecule has 2 aromatic rings. The zero-order valence-electron chi connectivity index (χ0n) is 15.3. The molecule has 5 heteroatoms. The molecule has 0 aliphatic heterocycles. The van der Waals surface area contributed by atoms with Gasteiger partial charge in [-0.15, -0.1) is 0 Å². The first-order chi connectivity index (χ1) is 11.9. The van der Waals surface area contributed by atoms with Crippen LogP contribution >= 0.6 is 19.6 Å². The molecule has 25 heavy (non-hydrogen) atoms. The minimum atomic E-state index is -1.74. The summed E-state index contributed by atoms with van der Waals surface area (Å²) in [5, 5.41) is 1.43. The summed E-state index contributed by atoms with van der Waals surface area (Å²) in [7, 11) is -1.74. The number of hydrogen-bond acceptors (Lipinski definition) is 4. The average Bonchev–Trinajstić information content (AvgIpc) is 2.58. The predicted molar refractivity (Wildman–Crippen MR) is 107 cm³/mol. The van der Waals surface area contributed by atoms with Crippen LogP contribution in [0.5, 0.6) is 0 Å². The highest BCUT2D eigenvalue weighted by Crippen LogP contribution is 2.47. The molecule has 0 aliphatic carbocycles. The number of ether oxygens (including phenoxy) is 1. The van der Waals surface area contributed by atoms with Gasteiger partial charge in [-0.3, -0.25) is 0 Å². The standard InChI is InChI=1S/C20H26O3PS/c1-5-23-19(21)20(4,13-15(2)3)24(22)14-25-18-11-10-16-8-6-7-9-17(16)12-18/h6-12,15H,5,13-14H2,1-4H3/q+1. The van der Waals surface area contributed by atoms with Gasteiger partial charge in [0.1, 0.15) is 0 Å². The van der Waals surface area contributed by atoms with E-state index in [4.69, 9.17) is 4.74 Å². The van der Waals surface area contributed by atoms with Crippen molar-refractivity contribution in [3.8, 4) is 0 Å². The number of rotatable bonds is 8. The summed E-state index contributed by atoms with van der Waals surface area (Å²) in [5.74, 6) is -0.0667. The number of thioether (sulfide) groups is 1. The molecule has 0 saturated carbocycles. The highest BCUT2D eigenvalue weighted by molar-refractivity contribution is 8.04. The smallest absolute Gasteiger partial charge is 0.367 e. The van der Waals surface area contributed by atoms with Crippen molar-refractivity contribution < 1.29 is 14.1 Å². The van der Waals surface area contributed by atoms with Crippen LogP contribution in [0.25, 0.3) is 10.8 Å². The molecule has 0 aliphatic rings. The van der Waals surface area contributed by atoms with Gasteiger partial charge in [0.15, 0.2) is 5.49 Å². The van der Waals surface area contributed by atoms with E-state index in [0.29, 0.717) is 18.5 Å². The van der Waals surface area contributed by atoms with E-state index >= 15 is 0 Å². The van der Waals surface area contributed by atoms with Crippen molar-refractivity contribution in [2.24, 2.45) is 5.92 Å². The Balaban J connectivity index is 2.12. The third-order valence-corrected chi connectivity index (χ3v) is 7.65. The Hall–Kier alpha value is -1.38. The molecular formula is C20H26O3PS+. The van der Waals surface area contributed by atoms with E-state index in [0.717, 1.165) is 10.3 Å². The van der Waals surface area contributed by atoms with Gasteiger partial charge < -0.3 is 4.74 Å². The maximum absolute atomic E-state index is 13.0. The van der Waals surface area contributed by atoms with E-state index in [9.17, 15) is 9.36 Å². The van der Waals surface area contributed by atoms with Gasteiger partial charge in [0.2, 0.25) is 0 Å². The van der Waals surface area contributed by atoms with E-state index < -0.39 is 13.0 Å². The fourth-order valence-corrected chi connectivity index (χ4v) is 6.32. The van der Waals surface area contributed by atoms with E-state index in [1.807, 2.05) is 32.0 Å². The summed E-state index contributed by atoms with van der Waals surface area (Å²) < 4.78 is 18.2. The number of carbonyl (C=O) groups is 1. The van der Waals surface area contributed by atoms with Gasteiger partial charge in [0.25, 0.3) is 5.16 Å². The second-order valence-corrected chi connectivity index (χ2v) is 10.3. The van der Waals surface area contributed by atoms with Crippen LogP contribution in [0.4, 0.5) is 0 Å². The van der Waals surface area contributed by atoms with Gasteiger partial charge >= 0.3 is 13.8 Å². The zero-order chi connectivity index (χ0) is 18.4. The Bertz CT molecular complexity index is 759. The fourth-order valence-electron chi connectivity index (χ4n) is 2.90.